The zero-order chi connectivity index (χ0) is 10.1. The summed E-state index contributed by atoms with van der Waals surface area (Å²) in [7, 11) is 0. The molecule has 5 heteroatoms. The van der Waals surface area contributed by atoms with Gasteiger partial charge < -0.3 is 15.2 Å². The van der Waals surface area contributed by atoms with Gasteiger partial charge in [0.1, 0.15) is 12.4 Å². The number of rotatable bonds is 1. The van der Waals surface area contributed by atoms with Gasteiger partial charge in [-0.05, 0) is 33.6 Å². The van der Waals surface area contributed by atoms with E-state index in [1.165, 1.54) is 0 Å². The fourth-order valence-corrected chi connectivity index (χ4v) is 1.70. The molecule has 1 amide bonds. The Labute approximate surface area is 89.0 Å². The second-order valence-corrected chi connectivity index (χ2v) is 3.86. The van der Waals surface area contributed by atoms with E-state index in [2.05, 4.69) is 21.2 Å². The van der Waals surface area contributed by atoms with Gasteiger partial charge in [-0.1, -0.05) is 6.07 Å². The Kier molecular flexibility index (Phi) is 2.33. The molecule has 0 unspecified atom stereocenters. The van der Waals surface area contributed by atoms with Crippen LogP contribution in [0.25, 0.3) is 0 Å². The number of ether oxygens (including phenoxy) is 1. The third kappa shape index (κ3) is 1.68. The van der Waals surface area contributed by atoms with Gasteiger partial charge in [0.15, 0.2) is 0 Å². The maximum Gasteiger partial charge on any atom is 0.407 e. The minimum atomic E-state index is -0.404. The number of hydrogen-bond donors (Lipinski definition) is 2. The number of phenolic OH excluding ortho intramolecular Hbond substituents is 1. The molecule has 1 aromatic carbocycles. The molecule has 1 aliphatic rings. The minimum absolute atomic E-state index is 0.126. The van der Waals surface area contributed by atoms with Crippen LogP contribution in [0.2, 0.25) is 0 Å². The molecular formula is C9H8BrNO3. The monoisotopic (exact) mass is 257 g/mol. The van der Waals surface area contributed by atoms with Crippen LogP contribution in [0.4, 0.5) is 4.79 Å². The third-order valence-corrected chi connectivity index (χ3v) is 2.68. The van der Waals surface area contributed by atoms with Gasteiger partial charge in [-0.25, -0.2) is 4.79 Å². The summed E-state index contributed by atoms with van der Waals surface area (Å²) in [6.45, 7) is 0.329. The highest BCUT2D eigenvalue weighted by atomic mass is 79.9. The highest BCUT2D eigenvalue weighted by Gasteiger charge is 2.23. The quantitative estimate of drug-likeness (QED) is 0.809. The molecular weight excluding hydrogens is 250 g/mol. The maximum atomic E-state index is 10.8. The fraction of sp³-hybridized carbons (Fsp3) is 0.222. The number of amides is 1. The molecule has 1 heterocycles. The molecule has 1 aliphatic heterocycles. The molecule has 1 atom stereocenters. The predicted octanol–water partition coefficient (Wildman–Crippen LogP) is 1.94. The van der Waals surface area contributed by atoms with E-state index in [4.69, 9.17) is 4.74 Å². The van der Waals surface area contributed by atoms with Crippen molar-refractivity contribution in [2.75, 3.05) is 6.61 Å². The summed E-state index contributed by atoms with van der Waals surface area (Å²) in [6, 6.07) is 4.96. The topological polar surface area (TPSA) is 58.6 Å². The molecule has 0 bridgehead atoms. The van der Waals surface area contributed by atoms with E-state index in [9.17, 15) is 9.90 Å². The molecule has 2 rings (SSSR count). The number of benzene rings is 1. The van der Waals surface area contributed by atoms with Gasteiger partial charge in [-0.2, -0.15) is 0 Å². The van der Waals surface area contributed by atoms with E-state index in [1.54, 1.807) is 18.2 Å². The van der Waals surface area contributed by atoms with Crippen LogP contribution in [0.1, 0.15) is 11.6 Å². The highest BCUT2D eigenvalue weighted by Crippen LogP contribution is 2.28. The standard InChI is InChI=1S/C9H8BrNO3/c10-6-3-5(1-2-8(6)12)7-4-14-9(13)11-7/h1-3,7,12H,4H2,(H,11,13)/t7-/m1/s1. The molecule has 0 radical (unpaired) electrons. The van der Waals surface area contributed by atoms with E-state index in [1.807, 2.05) is 0 Å². The summed E-state index contributed by atoms with van der Waals surface area (Å²) in [5.74, 6) is 0.180. The van der Waals surface area contributed by atoms with Crippen molar-refractivity contribution in [3.05, 3.63) is 28.2 Å². The van der Waals surface area contributed by atoms with Crippen molar-refractivity contribution in [1.82, 2.24) is 5.32 Å². The Morgan fingerprint density at radius 2 is 2.36 bits per heavy atom. The molecule has 1 fully saturated rings. The number of aromatic hydroxyl groups is 1. The first-order valence-electron chi connectivity index (χ1n) is 4.08. The Morgan fingerprint density at radius 1 is 1.57 bits per heavy atom. The molecule has 1 aromatic rings. The third-order valence-electron chi connectivity index (χ3n) is 2.05. The van der Waals surface area contributed by atoms with Crippen LogP contribution in [0, 0.1) is 0 Å². The van der Waals surface area contributed by atoms with E-state index >= 15 is 0 Å². The van der Waals surface area contributed by atoms with Gasteiger partial charge in [0.2, 0.25) is 0 Å². The second kappa shape index (κ2) is 3.49. The van der Waals surface area contributed by atoms with Gasteiger partial charge in [0, 0.05) is 0 Å². The SMILES string of the molecule is O=C1N[C@@H](c2ccc(O)c(Br)c2)CO1. The lowest BCUT2D eigenvalue weighted by Gasteiger charge is -2.08. The molecule has 2 N–H and O–H groups in total. The molecule has 14 heavy (non-hydrogen) atoms. The number of halogens is 1. The smallest absolute Gasteiger partial charge is 0.407 e. The lowest BCUT2D eigenvalue weighted by Crippen LogP contribution is -2.18. The van der Waals surface area contributed by atoms with Crippen molar-refractivity contribution in [2.45, 2.75) is 6.04 Å². The lowest BCUT2D eigenvalue weighted by atomic mass is 10.1. The van der Waals surface area contributed by atoms with Gasteiger partial charge in [-0.15, -0.1) is 0 Å². The van der Waals surface area contributed by atoms with Crippen molar-refractivity contribution in [2.24, 2.45) is 0 Å². The first-order chi connectivity index (χ1) is 6.66. The average molecular weight is 258 g/mol. The molecule has 4 nitrogen and oxygen atoms in total. The zero-order valence-electron chi connectivity index (χ0n) is 7.16. The van der Waals surface area contributed by atoms with Crippen LogP contribution in [0.15, 0.2) is 22.7 Å². The number of cyclic esters (lactones) is 1. The van der Waals surface area contributed by atoms with E-state index in [-0.39, 0.29) is 11.8 Å². The normalized spacial score (nSPS) is 20.4. The summed E-state index contributed by atoms with van der Waals surface area (Å²) < 4.78 is 5.37. The van der Waals surface area contributed by atoms with Gasteiger partial charge >= 0.3 is 6.09 Å². The predicted molar refractivity (Wildman–Crippen MR) is 53.0 cm³/mol. The lowest BCUT2D eigenvalue weighted by molar-refractivity contribution is 0.177. The number of alkyl carbamates (subject to hydrolysis) is 1. The fourth-order valence-electron chi connectivity index (χ4n) is 1.30. The molecule has 74 valence electrons. The zero-order valence-corrected chi connectivity index (χ0v) is 8.74. The van der Waals surface area contributed by atoms with Crippen LogP contribution in [-0.4, -0.2) is 17.8 Å². The Morgan fingerprint density at radius 3 is 2.93 bits per heavy atom. The van der Waals surface area contributed by atoms with Crippen LogP contribution in [-0.2, 0) is 4.74 Å². The number of phenols is 1. The van der Waals surface area contributed by atoms with Gasteiger partial charge in [0.05, 0.1) is 10.5 Å². The van der Waals surface area contributed by atoms with Crippen molar-refractivity contribution >= 4 is 22.0 Å². The first kappa shape index (κ1) is 9.33. The summed E-state index contributed by atoms with van der Waals surface area (Å²) in [5, 5.41) is 11.9. The average Bonchev–Trinajstić information content (AvgIpc) is 2.57. The molecule has 0 saturated carbocycles. The van der Waals surface area contributed by atoms with E-state index < -0.39 is 6.09 Å². The maximum absolute atomic E-state index is 10.8. The van der Waals surface area contributed by atoms with E-state index in [0.29, 0.717) is 11.1 Å². The largest absolute Gasteiger partial charge is 0.507 e. The highest BCUT2D eigenvalue weighted by molar-refractivity contribution is 9.10. The summed E-state index contributed by atoms with van der Waals surface area (Å²) in [6.07, 6.45) is -0.404. The number of carbonyl (C=O) groups is 1. The summed E-state index contributed by atoms with van der Waals surface area (Å²) >= 11 is 3.20. The summed E-state index contributed by atoms with van der Waals surface area (Å²) in [5.41, 5.74) is 0.903. The Hall–Kier alpha value is -1.23. The number of carbonyl (C=O) groups excluding carboxylic acids is 1. The Balaban J connectivity index is 2.24. The molecule has 0 spiro atoms. The molecule has 0 aromatic heterocycles. The van der Waals surface area contributed by atoms with Crippen molar-refractivity contribution < 1.29 is 14.6 Å². The van der Waals surface area contributed by atoms with Crippen molar-refractivity contribution in [3.8, 4) is 5.75 Å². The van der Waals surface area contributed by atoms with Crippen molar-refractivity contribution in [3.63, 3.8) is 0 Å². The van der Waals surface area contributed by atoms with Gasteiger partial charge in [-0.3, -0.25) is 0 Å². The number of hydrogen-bond acceptors (Lipinski definition) is 3. The summed E-state index contributed by atoms with van der Waals surface area (Å²) in [4.78, 5) is 10.8. The van der Waals surface area contributed by atoms with Gasteiger partial charge in [0.25, 0.3) is 0 Å². The van der Waals surface area contributed by atoms with Crippen molar-refractivity contribution in [1.29, 1.82) is 0 Å². The second-order valence-electron chi connectivity index (χ2n) is 3.01. The molecule has 0 aliphatic carbocycles. The van der Waals surface area contributed by atoms with Crippen LogP contribution in [0.3, 0.4) is 0 Å². The number of nitrogens with one attached hydrogen (secondary N) is 1. The van der Waals surface area contributed by atoms with Crippen LogP contribution < -0.4 is 5.32 Å². The van der Waals surface area contributed by atoms with Crippen LogP contribution >= 0.6 is 15.9 Å². The Bertz CT molecular complexity index is 380. The minimum Gasteiger partial charge on any atom is -0.507 e. The van der Waals surface area contributed by atoms with E-state index in [0.717, 1.165) is 5.56 Å². The van der Waals surface area contributed by atoms with Crippen LogP contribution in [0.5, 0.6) is 5.75 Å². The first-order valence-corrected chi connectivity index (χ1v) is 4.88. The molecule has 1 saturated heterocycles.